The molecular weight excluding hydrogens is 262 g/mol. The number of carbonyl (C=O) groups excluding carboxylic acids is 1. The van der Waals surface area contributed by atoms with Crippen LogP contribution >= 0.6 is 0 Å². The first-order chi connectivity index (χ1) is 9.97. The van der Waals surface area contributed by atoms with Crippen LogP contribution in [0.2, 0.25) is 0 Å². The minimum Gasteiger partial charge on any atom is -0.375 e. The molecule has 1 saturated carbocycles. The maximum Gasteiger partial charge on any atom is 0.237 e. The van der Waals surface area contributed by atoms with E-state index in [9.17, 15) is 4.79 Å². The van der Waals surface area contributed by atoms with Crippen molar-refractivity contribution in [2.45, 2.75) is 44.6 Å². The normalized spacial score (nSPS) is 25.0. The summed E-state index contributed by atoms with van der Waals surface area (Å²) in [5, 5.41) is 0. The van der Waals surface area contributed by atoms with Crippen LogP contribution < -0.4 is 16.4 Å². The van der Waals surface area contributed by atoms with Crippen LogP contribution in [0.25, 0.3) is 0 Å². The fourth-order valence-electron chi connectivity index (χ4n) is 3.29. The molecule has 4 nitrogen and oxygen atoms in total. The number of hydrogen-bond acceptors (Lipinski definition) is 3. The van der Waals surface area contributed by atoms with Crippen LogP contribution in [-0.4, -0.2) is 25.0 Å². The van der Waals surface area contributed by atoms with E-state index < -0.39 is 5.54 Å². The number of aryl methyl sites for hydroxylation is 1. The number of benzene rings is 1. The zero-order chi connectivity index (χ0) is 15.5. The van der Waals surface area contributed by atoms with Crippen LogP contribution in [0.1, 0.15) is 38.2 Å². The number of rotatable bonds is 6. The van der Waals surface area contributed by atoms with E-state index in [2.05, 4.69) is 43.1 Å². The Morgan fingerprint density at radius 1 is 1.38 bits per heavy atom. The van der Waals surface area contributed by atoms with Crippen molar-refractivity contribution in [1.82, 2.24) is 0 Å². The fraction of sp³-hybridized carbons (Fsp3) is 0.588. The molecule has 116 valence electrons. The first kappa shape index (κ1) is 15.8. The number of anilines is 1. The minimum absolute atomic E-state index is 0.201. The summed E-state index contributed by atoms with van der Waals surface area (Å²) < 4.78 is 0. The predicted molar refractivity (Wildman–Crippen MR) is 87.2 cm³/mol. The van der Waals surface area contributed by atoms with Gasteiger partial charge in [0, 0.05) is 19.3 Å². The lowest BCUT2D eigenvalue weighted by molar-refractivity contribution is -0.124. The van der Waals surface area contributed by atoms with Crippen LogP contribution in [0, 0.1) is 5.92 Å². The summed E-state index contributed by atoms with van der Waals surface area (Å²) in [7, 11) is 2.08. The van der Waals surface area contributed by atoms with Gasteiger partial charge in [0.1, 0.15) is 0 Å². The molecule has 21 heavy (non-hydrogen) atoms. The number of hydrogen-bond donors (Lipinski definition) is 2. The third kappa shape index (κ3) is 3.38. The van der Waals surface area contributed by atoms with Crippen molar-refractivity contribution in [1.29, 1.82) is 0 Å². The second-order valence-electron chi connectivity index (χ2n) is 6.22. The van der Waals surface area contributed by atoms with Gasteiger partial charge in [-0.15, -0.1) is 0 Å². The summed E-state index contributed by atoms with van der Waals surface area (Å²) >= 11 is 0. The number of nitrogens with zero attached hydrogens (tertiary/aromatic N) is 1. The van der Waals surface area contributed by atoms with Gasteiger partial charge in [0.05, 0.1) is 5.54 Å². The largest absolute Gasteiger partial charge is 0.375 e. The molecule has 4 heteroatoms. The molecule has 2 unspecified atom stereocenters. The lowest BCUT2D eigenvalue weighted by atomic mass is 9.85. The van der Waals surface area contributed by atoms with Gasteiger partial charge < -0.3 is 16.4 Å². The summed E-state index contributed by atoms with van der Waals surface area (Å²) in [6.45, 7) is 3.05. The number of primary amides is 1. The number of carbonyl (C=O) groups is 1. The van der Waals surface area contributed by atoms with E-state index in [0.29, 0.717) is 0 Å². The van der Waals surface area contributed by atoms with Gasteiger partial charge in [-0.25, -0.2) is 0 Å². The number of amides is 1. The van der Waals surface area contributed by atoms with E-state index in [4.69, 9.17) is 11.5 Å². The van der Waals surface area contributed by atoms with Crippen LogP contribution in [0.3, 0.4) is 0 Å². The zero-order valence-electron chi connectivity index (χ0n) is 13.1. The second-order valence-corrected chi connectivity index (χ2v) is 6.22. The molecule has 1 amide bonds. The molecule has 4 N–H and O–H groups in total. The maximum atomic E-state index is 11.6. The molecule has 1 aliphatic rings. The smallest absolute Gasteiger partial charge is 0.237 e. The molecule has 1 aromatic rings. The molecular formula is C17H27N3O. The highest BCUT2D eigenvalue weighted by Gasteiger charge is 2.43. The van der Waals surface area contributed by atoms with Gasteiger partial charge in [-0.2, -0.15) is 0 Å². The minimum atomic E-state index is -0.799. The maximum absolute atomic E-state index is 11.6. The molecule has 0 heterocycles. The third-order valence-corrected chi connectivity index (χ3v) is 4.93. The Hall–Kier alpha value is -1.55. The summed E-state index contributed by atoms with van der Waals surface area (Å²) in [5.41, 5.74) is 13.5. The Morgan fingerprint density at radius 2 is 2.05 bits per heavy atom. The highest BCUT2D eigenvalue weighted by Crippen LogP contribution is 2.36. The highest BCUT2D eigenvalue weighted by molar-refractivity contribution is 5.85. The molecule has 0 bridgehead atoms. The first-order valence-electron chi connectivity index (χ1n) is 7.86. The van der Waals surface area contributed by atoms with Gasteiger partial charge in [-0.05, 0) is 49.3 Å². The van der Waals surface area contributed by atoms with Crippen LogP contribution in [0.4, 0.5) is 5.69 Å². The van der Waals surface area contributed by atoms with Gasteiger partial charge in [-0.1, -0.05) is 25.5 Å². The Labute approximate surface area is 127 Å². The third-order valence-electron chi connectivity index (χ3n) is 4.93. The Kier molecular flexibility index (Phi) is 4.88. The van der Waals surface area contributed by atoms with E-state index in [1.807, 2.05) is 0 Å². The lowest BCUT2D eigenvalue weighted by Crippen LogP contribution is -2.55. The Balaban J connectivity index is 1.94. The van der Waals surface area contributed by atoms with Crippen molar-refractivity contribution in [3.63, 3.8) is 0 Å². The fourth-order valence-corrected chi connectivity index (χ4v) is 3.29. The molecule has 1 aliphatic carbocycles. The topological polar surface area (TPSA) is 72.3 Å². The molecule has 0 spiro atoms. The molecule has 0 aromatic heterocycles. The van der Waals surface area contributed by atoms with E-state index in [1.165, 1.54) is 11.3 Å². The number of nitrogens with two attached hydrogens (primary N) is 2. The molecule has 1 fully saturated rings. The second kappa shape index (κ2) is 6.48. The molecule has 0 radical (unpaired) electrons. The standard InChI is InChI=1S/C17H27N3O/c1-3-13-6-8-15(9-7-13)20(2)12-10-14-5-4-11-17(14,19)16(18)21/h6-9,14H,3-5,10-12,19H2,1-2H3,(H2,18,21). The van der Waals surface area contributed by atoms with Crippen molar-refractivity contribution in [2.24, 2.45) is 17.4 Å². The summed E-state index contributed by atoms with van der Waals surface area (Å²) in [6.07, 6.45) is 4.69. The Bertz CT molecular complexity index is 485. The van der Waals surface area contributed by atoms with Gasteiger partial charge >= 0.3 is 0 Å². The highest BCUT2D eigenvalue weighted by atomic mass is 16.1. The zero-order valence-corrected chi connectivity index (χ0v) is 13.1. The SMILES string of the molecule is CCc1ccc(N(C)CCC2CCCC2(N)C(N)=O)cc1. The average molecular weight is 289 g/mol. The van der Waals surface area contributed by atoms with E-state index in [1.54, 1.807) is 0 Å². The van der Waals surface area contributed by atoms with Gasteiger partial charge in [0.25, 0.3) is 0 Å². The summed E-state index contributed by atoms with van der Waals surface area (Å²) in [5.74, 6) is -0.146. The van der Waals surface area contributed by atoms with Crippen molar-refractivity contribution >= 4 is 11.6 Å². The van der Waals surface area contributed by atoms with Crippen molar-refractivity contribution in [3.05, 3.63) is 29.8 Å². The van der Waals surface area contributed by atoms with Crippen LogP contribution in [0.15, 0.2) is 24.3 Å². The first-order valence-corrected chi connectivity index (χ1v) is 7.86. The van der Waals surface area contributed by atoms with E-state index in [0.717, 1.165) is 38.6 Å². The van der Waals surface area contributed by atoms with Crippen molar-refractivity contribution < 1.29 is 4.79 Å². The quantitative estimate of drug-likeness (QED) is 0.842. The Morgan fingerprint density at radius 3 is 2.62 bits per heavy atom. The monoisotopic (exact) mass is 289 g/mol. The molecule has 0 saturated heterocycles. The molecule has 2 rings (SSSR count). The summed E-state index contributed by atoms with van der Waals surface area (Å²) in [6, 6.07) is 8.63. The van der Waals surface area contributed by atoms with Gasteiger partial charge in [0.2, 0.25) is 5.91 Å². The van der Waals surface area contributed by atoms with Gasteiger partial charge in [-0.3, -0.25) is 4.79 Å². The summed E-state index contributed by atoms with van der Waals surface area (Å²) in [4.78, 5) is 13.8. The van der Waals surface area contributed by atoms with Crippen molar-refractivity contribution in [3.8, 4) is 0 Å². The molecule has 1 aromatic carbocycles. The van der Waals surface area contributed by atoms with Crippen molar-refractivity contribution in [2.75, 3.05) is 18.5 Å². The molecule has 2 atom stereocenters. The van der Waals surface area contributed by atoms with Crippen LogP contribution in [-0.2, 0) is 11.2 Å². The lowest BCUT2D eigenvalue weighted by Gasteiger charge is -2.30. The predicted octanol–water partition coefficient (Wildman–Crippen LogP) is 2.06. The van der Waals surface area contributed by atoms with Gasteiger partial charge in [0.15, 0.2) is 0 Å². The van der Waals surface area contributed by atoms with Crippen LogP contribution in [0.5, 0.6) is 0 Å². The average Bonchev–Trinajstić information content (AvgIpc) is 2.87. The molecule has 0 aliphatic heterocycles. The van der Waals surface area contributed by atoms with E-state index in [-0.39, 0.29) is 11.8 Å². The van der Waals surface area contributed by atoms with E-state index >= 15 is 0 Å².